The molecule has 0 aliphatic heterocycles. The van der Waals surface area contributed by atoms with Crippen LogP contribution < -0.4 is 11.1 Å². The summed E-state index contributed by atoms with van der Waals surface area (Å²) in [5.41, 5.74) is 8.85. The normalized spacial score (nSPS) is 10.4. The van der Waals surface area contributed by atoms with E-state index in [1.807, 2.05) is 19.9 Å². The minimum absolute atomic E-state index is 0.0124. The molecular formula is C13H20N2O3. The van der Waals surface area contributed by atoms with Crippen molar-refractivity contribution in [2.75, 3.05) is 32.1 Å². The number of hydrogen-bond acceptors (Lipinski definition) is 4. The van der Waals surface area contributed by atoms with Gasteiger partial charge in [-0.25, -0.2) is 0 Å². The minimum atomic E-state index is -0.160. The second-order valence-corrected chi connectivity index (χ2v) is 4.12. The molecule has 0 aliphatic carbocycles. The van der Waals surface area contributed by atoms with Gasteiger partial charge in [0, 0.05) is 17.8 Å². The van der Waals surface area contributed by atoms with Gasteiger partial charge in [0.2, 0.25) is 0 Å². The summed E-state index contributed by atoms with van der Waals surface area (Å²) in [4.78, 5) is 11.9. The van der Waals surface area contributed by atoms with Crippen LogP contribution in [-0.4, -0.2) is 37.4 Å². The fraction of sp³-hybridized carbons (Fsp3) is 0.462. The van der Waals surface area contributed by atoms with Gasteiger partial charge in [-0.1, -0.05) is 6.07 Å². The number of anilines is 1. The first-order valence-corrected chi connectivity index (χ1v) is 5.89. The largest absolute Gasteiger partial charge is 0.398 e. The molecule has 0 saturated heterocycles. The molecule has 0 spiro atoms. The number of nitrogen functional groups attached to an aromatic ring is 1. The number of amides is 1. The molecule has 1 aromatic carbocycles. The van der Waals surface area contributed by atoms with Crippen molar-refractivity contribution in [2.24, 2.45) is 0 Å². The number of aliphatic hydroxyl groups is 1. The van der Waals surface area contributed by atoms with Gasteiger partial charge in [-0.05, 0) is 31.0 Å². The lowest BCUT2D eigenvalue weighted by Gasteiger charge is -2.10. The molecule has 4 N–H and O–H groups in total. The van der Waals surface area contributed by atoms with Gasteiger partial charge < -0.3 is 20.9 Å². The van der Waals surface area contributed by atoms with E-state index in [1.54, 1.807) is 6.07 Å². The minimum Gasteiger partial charge on any atom is -0.398 e. The maximum absolute atomic E-state index is 11.9. The molecule has 0 radical (unpaired) electrons. The Kier molecular flexibility index (Phi) is 5.61. The number of aliphatic hydroxyl groups excluding tert-OH is 1. The van der Waals surface area contributed by atoms with Gasteiger partial charge >= 0.3 is 0 Å². The Bertz CT molecular complexity index is 419. The molecule has 0 atom stereocenters. The summed E-state index contributed by atoms with van der Waals surface area (Å²) in [6.07, 6.45) is 0. The number of rotatable bonds is 6. The first-order chi connectivity index (χ1) is 8.56. The van der Waals surface area contributed by atoms with Crippen LogP contribution in [0.3, 0.4) is 0 Å². The molecule has 0 aliphatic rings. The highest BCUT2D eigenvalue weighted by Gasteiger charge is 2.10. The lowest BCUT2D eigenvalue weighted by atomic mass is 10.0. The first kappa shape index (κ1) is 14.5. The third-order valence-corrected chi connectivity index (χ3v) is 2.63. The Hall–Kier alpha value is -1.59. The summed E-state index contributed by atoms with van der Waals surface area (Å²) in [7, 11) is 0. The van der Waals surface area contributed by atoms with Gasteiger partial charge in [-0.15, -0.1) is 0 Å². The standard InChI is InChI=1S/C13H20N2O3/c1-9-7-10(2)12(14)8-11(9)13(17)15-3-5-18-6-4-16/h7-8,16H,3-6,14H2,1-2H3,(H,15,17). The average molecular weight is 252 g/mol. The van der Waals surface area contributed by atoms with E-state index in [0.717, 1.165) is 11.1 Å². The van der Waals surface area contributed by atoms with Crippen molar-refractivity contribution < 1.29 is 14.6 Å². The van der Waals surface area contributed by atoms with Crippen molar-refractivity contribution in [3.05, 3.63) is 28.8 Å². The van der Waals surface area contributed by atoms with E-state index in [1.165, 1.54) is 0 Å². The molecule has 1 rings (SSSR count). The van der Waals surface area contributed by atoms with Gasteiger partial charge in [0.25, 0.3) is 5.91 Å². The van der Waals surface area contributed by atoms with Crippen LogP contribution in [0.25, 0.3) is 0 Å². The van der Waals surface area contributed by atoms with Gasteiger partial charge in [0.15, 0.2) is 0 Å². The smallest absolute Gasteiger partial charge is 0.251 e. The van der Waals surface area contributed by atoms with E-state index < -0.39 is 0 Å². The molecule has 0 unspecified atom stereocenters. The number of nitrogens with two attached hydrogens (primary N) is 1. The molecule has 1 aromatic rings. The van der Waals surface area contributed by atoms with Gasteiger partial charge in [-0.2, -0.15) is 0 Å². The zero-order valence-corrected chi connectivity index (χ0v) is 10.8. The number of nitrogens with one attached hydrogen (secondary N) is 1. The third-order valence-electron chi connectivity index (χ3n) is 2.63. The highest BCUT2D eigenvalue weighted by molar-refractivity contribution is 5.96. The number of hydrogen-bond donors (Lipinski definition) is 3. The molecule has 0 saturated carbocycles. The quantitative estimate of drug-likeness (QED) is 0.512. The highest BCUT2D eigenvalue weighted by atomic mass is 16.5. The maximum atomic E-state index is 11.9. The molecule has 5 nitrogen and oxygen atoms in total. The molecule has 0 heterocycles. The van der Waals surface area contributed by atoms with Gasteiger partial charge in [-0.3, -0.25) is 4.79 Å². The number of benzene rings is 1. The Balaban J connectivity index is 2.54. The summed E-state index contributed by atoms with van der Waals surface area (Å²) >= 11 is 0. The van der Waals surface area contributed by atoms with Crippen molar-refractivity contribution in [1.82, 2.24) is 5.32 Å². The van der Waals surface area contributed by atoms with Crippen LogP contribution in [0.4, 0.5) is 5.69 Å². The fourth-order valence-electron chi connectivity index (χ4n) is 1.61. The lowest BCUT2D eigenvalue weighted by Crippen LogP contribution is -2.28. The SMILES string of the molecule is Cc1cc(C)c(C(=O)NCCOCCO)cc1N. The Morgan fingerprint density at radius 3 is 2.72 bits per heavy atom. The van der Waals surface area contributed by atoms with Crippen molar-refractivity contribution in [3.8, 4) is 0 Å². The molecule has 5 heteroatoms. The summed E-state index contributed by atoms with van der Waals surface area (Å²) in [5.74, 6) is -0.160. The maximum Gasteiger partial charge on any atom is 0.251 e. The van der Waals surface area contributed by atoms with Crippen molar-refractivity contribution in [3.63, 3.8) is 0 Å². The van der Waals surface area contributed by atoms with Crippen LogP contribution in [0.15, 0.2) is 12.1 Å². The molecule has 0 aromatic heterocycles. The van der Waals surface area contributed by atoms with E-state index in [2.05, 4.69) is 5.32 Å². The molecule has 1 amide bonds. The van der Waals surface area contributed by atoms with Crippen LogP contribution >= 0.6 is 0 Å². The monoisotopic (exact) mass is 252 g/mol. The third kappa shape index (κ3) is 4.01. The Labute approximate surface area is 107 Å². The van der Waals surface area contributed by atoms with Crippen LogP contribution in [0.2, 0.25) is 0 Å². The zero-order chi connectivity index (χ0) is 13.5. The predicted octanol–water partition coefficient (Wildman–Crippen LogP) is 0.624. The van der Waals surface area contributed by atoms with Gasteiger partial charge in [0.1, 0.15) is 0 Å². The van der Waals surface area contributed by atoms with E-state index in [-0.39, 0.29) is 19.1 Å². The zero-order valence-electron chi connectivity index (χ0n) is 10.8. The van der Waals surface area contributed by atoms with E-state index in [4.69, 9.17) is 15.6 Å². The van der Waals surface area contributed by atoms with Crippen molar-refractivity contribution in [2.45, 2.75) is 13.8 Å². The molecular weight excluding hydrogens is 232 g/mol. The second kappa shape index (κ2) is 6.98. The Morgan fingerprint density at radius 2 is 2.06 bits per heavy atom. The molecule has 0 bridgehead atoms. The van der Waals surface area contributed by atoms with E-state index in [0.29, 0.717) is 24.4 Å². The summed E-state index contributed by atoms with van der Waals surface area (Å²) in [5, 5.41) is 11.3. The number of ether oxygens (including phenoxy) is 1. The number of aryl methyl sites for hydroxylation is 2. The summed E-state index contributed by atoms with van der Waals surface area (Å²) in [6.45, 7) is 4.85. The molecule has 18 heavy (non-hydrogen) atoms. The van der Waals surface area contributed by atoms with Crippen LogP contribution in [0, 0.1) is 13.8 Å². The fourth-order valence-corrected chi connectivity index (χ4v) is 1.61. The summed E-state index contributed by atoms with van der Waals surface area (Å²) < 4.78 is 5.05. The van der Waals surface area contributed by atoms with Crippen molar-refractivity contribution >= 4 is 11.6 Å². The summed E-state index contributed by atoms with van der Waals surface area (Å²) in [6, 6.07) is 3.58. The average Bonchev–Trinajstić information content (AvgIpc) is 2.33. The van der Waals surface area contributed by atoms with Gasteiger partial charge in [0.05, 0.1) is 19.8 Å². The topological polar surface area (TPSA) is 84.6 Å². The second-order valence-electron chi connectivity index (χ2n) is 4.12. The molecule has 100 valence electrons. The Morgan fingerprint density at radius 1 is 1.33 bits per heavy atom. The predicted molar refractivity (Wildman–Crippen MR) is 70.6 cm³/mol. The molecule has 0 fully saturated rings. The highest BCUT2D eigenvalue weighted by Crippen LogP contribution is 2.17. The number of carbonyl (C=O) groups is 1. The van der Waals surface area contributed by atoms with E-state index in [9.17, 15) is 4.79 Å². The van der Waals surface area contributed by atoms with Crippen LogP contribution in [0.5, 0.6) is 0 Å². The first-order valence-electron chi connectivity index (χ1n) is 5.89. The van der Waals surface area contributed by atoms with Crippen LogP contribution in [-0.2, 0) is 4.74 Å². The lowest BCUT2D eigenvalue weighted by molar-refractivity contribution is 0.0838. The van der Waals surface area contributed by atoms with E-state index >= 15 is 0 Å². The number of carbonyl (C=O) groups excluding carboxylic acids is 1. The van der Waals surface area contributed by atoms with Crippen molar-refractivity contribution in [1.29, 1.82) is 0 Å². The van der Waals surface area contributed by atoms with Crippen LogP contribution in [0.1, 0.15) is 21.5 Å².